The molecule has 0 bridgehead atoms. The van der Waals surface area contributed by atoms with Crippen molar-refractivity contribution in [2.24, 2.45) is 5.92 Å². The molecule has 0 radical (unpaired) electrons. The fraction of sp³-hybridized carbons (Fsp3) is 0.824. The summed E-state index contributed by atoms with van der Waals surface area (Å²) in [5.74, 6) is 0.381. The van der Waals surface area contributed by atoms with Crippen molar-refractivity contribution in [1.82, 2.24) is 9.88 Å². The summed E-state index contributed by atoms with van der Waals surface area (Å²) in [5.41, 5.74) is 1.12. The number of piperidine rings is 2. The Labute approximate surface area is 152 Å². The molecule has 0 aromatic carbocycles. The number of aryl methyl sites for hydroxylation is 1. The van der Waals surface area contributed by atoms with Crippen molar-refractivity contribution in [3.8, 4) is 0 Å². The minimum Gasteiger partial charge on any atom is -0.395 e. The third-order valence-electron chi connectivity index (χ3n) is 5.40. The van der Waals surface area contributed by atoms with Crippen LogP contribution in [-0.2, 0) is 6.42 Å². The van der Waals surface area contributed by atoms with Gasteiger partial charge < -0.3 is 25.3 Å². The quantitative estimate of drug-likeness (QED) is 0.563. The van der Waals surface area contributed by atoms with E-state index in [1.807, 2.05) is 4.90 Å². The van der Waals surface area contributed by atoms with Gasteiger partial charge in [0.15, 0.2) is 5.13 Å². The smallest absolute Gasteiger partial charge is 0.185 e. The van der Waals surface area contributed by atoms with Crippen LogP contribution in [-0.4, -0.2) is 87.4 Å². The Kier molecular flexibility index (Phi) is 6.30. The van der Waals surface area contributed by atoms with E-state index in [4.69, 9.17) is 0 Å². The second-order valence-corrected chi connectivity index (χ2v) is 8.02. The molecule has 0 unspecified atom stereocenters. The van der Waals surface area contributed by atoms with Gasteiger partial charge in [0.1, 0.15) is 12.2 Å². The Bertz CT molecular complexity index is 558. The van der Waals surface area contributed by atoms with Crippen LogP contribution in [0.4, 0.5) is 5.13 Å². The van der Waals surface area contributed by atoms with Crippen molar-refractivity contribution in [1.29, 1.82) is 0 Å². The molecule has 2 aliphatic rings. The number of hydrogen-bond acceptors (Lipinski definition) is 8. The van der Waals surface area contributed by atoms with E-state index >= 15 is 0 Å². The van der Waals surface area contributed by atoms with Crippen LogP contribution in [0.5, 0.6) is 0 Å². The van der Waals surface area contributed by atoms with Gasteiger partial charge in [0.05, 0.1) is 24.4 Å². The first-order valence-electron chi connectivity index (χ1n) is 9.12. The lowest BCUT2D eigenvalue weighted by molar-refractivity contribution is -0.147. The van der Waals surface area contributed by atoms with Gasteiger partial charge in [0.2, 0.25) is 0 Å². The van der Waals surface area contributed by atoms with Crippen molar-refractivity contribution in [2.75, 3.05) is 37.7 Å². The van der Waals surface area contributed by atoms with Gasteiger partial charge in [-0.1, -0.05) is 6.92 Å². The van der Waals surface area contributed by atoms with Crippen LogP contribution in [0.1, 0.15) is 25.5 Å². The first-order valence-corrected chi connectivity index (χ1v) is 9.99. The van der Waals surface area contributed by atoms with Crippen molar-refractivity contribution in [3.63, 3.8) is 0 Å². The Balaban J connectivity index is 1.63. The maximum atomic E-state index is 10.1. The zero-order valence-corrected chi connectivity index (χ0v) is 15.5. The highest BCUT2D eigenvalue weighted by atomic mass is 32.1. The molecule has 2 saturated heterocycles. The molecule has 1 aromatic rings. The lowest BCUT2D eigenvalue weighted by Gasteiger charge is -2.45. The third kappa shape index (κ3) is 4.15. The predicted octanol–water partition coefficient (Wildman–Crippen LogP) is -0.319. The summed E-state index contributed by atoms with van der Waals surface area (Å²) in [6.45, 7) is 4.73. The minimum absolute atomic E-state index is 0.228. The van der Waals surface area contributed by atoms with Crippen molar-refractivity contribution < 1.29 is 20.4 Å². The molecule has 25 heavy (non-hydrogen) atoms. The van der Waals surface area contributed by atoms with E-state index in [9.17, 15) is 20.4 Å². The van der Waals surface area contributed by atoms with E-state index in [2.05, 4.69) is 22.2 Å². The first kappa shape index (κ1) is 19.0. The van der Waals surface area contributed by atoms with E-state index in [1.165, 1.54) is 0 Å². The van der Waals surface area contributed by atoms with E-state index in [1.54, 1.807) is 11.3 Å². The molecule has 0 spiro atoms. The second-order valence-electron chi connectivity index (χ2n) is 7.18. The fourth-order valence-corrected chi connectivity index (χ4v) is 4.86. The van der Waals surface area contributed by atoms with Gasteiger partial charge in [0, 0.05) is 31.6 Å². The third-order valence-corrected chi connectivity index (χ3v) is 6.35. The number of thiazole rings is 1. The van der Waals surface area contributed by atoms with E-state index in [0.29, 0.717) is 12.5 Å². The molecule has 7 nitrogen and oxygen atoms in total. The maximum absolute atomic E-state index is 10.1. The molecular weight excluding hydrogens is 342 g/mol. The summed E-state index contributed by atoms with van der Waals surface area (Å²) in [5, 5.41) is 42.7. The molecular formula is C17H29N3O4S. The van der Waals surface area contributed by atoms with Gasteiger partial charge in [0.25, 0.3) is 0 Å². The van der Waals surface area contributed by atoms with Crippen LogP contribution >= 0.6 is 11.3 Å². The van der Waals surface area contributed by atoms with Gasteiger partial charge in [-0.05, 0) is 25.2 Å². The van der Waals surface area contributed by atoms with Crippen LogP contribution in [0.3, 0.4) is 0 Å². The Morgan fingerprint density at radius 3 is 2.72 bits per heavy atom. The summed E-state index contributed by atoms with van der Waals surface area (Å²) < 4.78 is 0. The topological polar surface area (TPSA) is 100 Å². The van der Waals surface area contributed by atoms with Crippen LogP contribution < -0.4 is 4.90 Å². The molecule has 4 N–H and O–H groups in total. The highest BCUT2D eigenvalue weighted by Gasteiger charge is 2.41. The summed E-state index contributed by atoms with van der Waals surface area (Å²) >= 11 is 1.68. The molecule has 8 heteroatoms. The average Bonchev–Trinajstić information content (AvgIpc) is 3.10. The maximum Gasteiger partial charge on any atom is 0.185 e. The predicted molar refractivity (Wildman–Crippen MR) is 96.9 cm³/mol. The molecule has 1 aromatic heterocycles. The number of aliphatic hydroxyl groups excluding tert-OH is 4. The summed E-state index contributed by atoms with van der Waals surface area (Å²) in [7, 11) is 0. The number of β-amino-alcohol motifs (C(OH)–C–C–N with tert-alkyl or cyclic N) is 1. The molecule has 0 aliphatic carbocycles. The molecule has 2 fully saturated rings. The number of nitrogens with zero attached hydrogens (tertiary/aromatic N) is 3. The SMILES string of the molecule is CCc1csc(N2CCC[C@H](CN3C[C@H](O)[C@@H](O)[C@H](O)[C@@H]3CO)C2)n1. The highest BCUT2D eigenvalue weighted by molar-refractivity contribution is 7.13. The Morgan fingerprint density at radius 1 is 1.24 bits per heavy atom. The lowest BCUT2D eigenvalue weighted by Crippen LogP contribution is -2.63. The number of aliphatic hydroxyl groups is 4. The molecule has 0 amide bonds. The molecule has 142 valence electrons. The minimum atomic E-state index is -1.20. The van der Waals surface area contributed by atoms with Gasteiger partial charge in [-0.3, -0.25) is 4.90 Å². The number of rotatable bonds is 5. The van der Waals surface area contributed by atoms with E-state index in [-0.39, 0.29) is 13.2 Å². The number of likely N-dealkylation sites (tertiary alicyclic amines) is 1. The van der Waals surface area contributed by atoms with Gasteiger partial charge >= 0.3 is 0 Å². The van der Waals surface area contributed by atoms with E-state index < -0.39 is 24.4 Å². The second kappa shape index (κ2) is 8.28. The molecule has 0 saturated carbocycles. The van der Waals surface area contributed by atoms with Gasteiger partial charge in [-0.15, -0.1) is 11.3 Å². The monoisotopic (exact) mass is 371 g/mol. The standard InChI is InChI=1S/C17H29N3O4S/c1-2-12-10-25-17(18-12)19-5-3-4-11(6-19)7-20-8-14(22)16(24)15(23)13(20)9-21/h10-11,13-16,21-24H,2-9H2,1H3/t11-,13-,14-,15+,16+/m0/s1. The largest absolute Gasteiger partial charge is 0.395 e. The summed E-state index contributed by atoms with van der Waals surface area (Å²) in [4.78, 5) is 8.92. The molecule has 2 aliphatic heterocycles. The number of anilines is 1. The van der Waals surface area contributed by atoms with Gasteiger partial charge in [-0.25, -0.2) is 4.98 Å². The van der Waals surface area contributed by atoms with Crippen molar-refractivity contribution in [2.45, 2.75) is 50.5 Å². The Morgan fingerprint density at radius 2 is 2.04 bits per heavy atom. The molecule has 3 heterocycles. The highest BCUT2D eigenvalue weighted by Crippen LogP contribution is 2.28. The number of hydrogen-bond donors (Lipinski definition) is 4. The molecule has 3 rings (SSSR count). The average molecular weight is 372 g/mol. The fourth-order valence-electron chi connectivity index (χ4n) is 3.91. The molecule has 5 atom stereocenters. The zero-order chi connectivity index (χ0) is 18.0. The van der Waals surface area contributed by atoms with Crippen LogP contribution in [0.25, 0.3) is 0 Å². The first-order chi connectivity index (χ1) is 12.0. The number of aromatic nitrogens is 1. The van der Waals surface area contributed by atoms with Crippen molar-refractivity contribution in [3.05, 3.63) is 11.1 Å². The van der Waals surface area contributed by atoms with Crippen LogP contribution in [0.15, 0.2) is 5.38 Å². The lowest BCUT2D eigenvalue weighted by atomic mass is 9.91. The van der Waals surface area contributed by atoms with Crippen molar-refractivity contribution >= 4 is 16.5 Å². The summed E-state index contributed by atoms with van der Waals surface area (Å²) in [6, 6.07) is -0.527. The van der Waals surface area contributed by atoms with Gasteiger partial charge in [-0.2, -0.15) is 0 Å². The zero-order valence-electron chi connectivity index (χ0n) is 14.7. The Hall–Kier alpha value is -0.770. The van der Waals surface area contributed by atoms with Crippen LogP contribution in [0.2, 0.25) is 0 Å². The van der Waals surface area contributed by atoms with E-state index in [0.717, 1.165) is 43.2 Å². The van der Waals surface area contributed by atoms with Crippen LogP contribution in [0, 0.1) is 5.92 Å². The normalized spacial score (nSPS) is 34.4. The summed E-state index contributed by atoms with van der Waals surface area (Å²) in [6.07, 6.45) is -0.206.